The molecule has 18 heavy (non-hydrogen) atoms. The van der Waals surface area contributed by atoms with Gasteiger partial charge in [-0.25, -0.2) is 4.79 Å². The van der Waals surface area contributed by atoms with Gasteiger partial charge < -0.3 is 9.15 Å². The number of rotatable bonds is 4. The fourth-order valence-corrected chi connectivity index (χ4v) is 1.58. The molecule has 0 aliphatic heterocycles. The fraction of sp³-hybridized carbons (Fsp3) is 0.0714. The molecular weight excluding hydrogens is 296 g/mol. The number of hydrogen-bond donors (Lipinski definition) is 0. The van der Waals surface area contributed by atoms with E-state index in [0.29, 0.717) is 5.76 Å². The van der Waals surface area contributed by atoms with Crippen LogP contribution in [0.15, 0.2) is 57.6 Å². The molecule has 0 amide bonds. The Morgan fingerprint density at radius 2 is 2.06 bits per heavy atom. The van der Waals surface area contributed by atoms with Crippen LogP contribution >= 0.6 is 15.9 Å². The predicted octanol–water partition coefficient (Wildman–Crippen LogP) is 3.80. The van der Waals surface area contributed by atoms with Crippen LogP contribution in [0.1, 0.15) is 11.3 Å². The van der Waals surface area contributed by atoms with E-state index < -0.39 is 5.97 Å². The quantitative estimate of drug-likeness (QED) is 0.637. The molecule has 0 fully saturated rings. The van der Waals surface area contributed by atoms with Crippen molar-refractivity contribution in [3.63, 3.8) is 0 Å². The summed E-state index contributed by atoms with van der Waals surface area (Å²) in [5, 5.41) is 0. The van der Waals surface area contributed by atoms with Gasteiger partial charge in [0.2, 0.25) is 0 Å². The molecule has 0 bridgehead atoms. The van der Waals surface area contributed by atoms with Gasteiger partial charge in [0.25, 0.3) is 0 Å². The molecule has 0 saturated heterocycles. The number of hydrogen-bond acceptors (Lipinski definition) is 3. The second-order valence-corrected chi connectivity index (χ2v) is 4.50. The second kappa shape index (κ2) is 6.21. The Bertz CT molecular complexity index is 527. The molecule has 0 radical (unpaired) electrons. The minimum Gasteiger partial charge on any atom is -0.465 e. The normalized spacial score (nSPS) is 10.7. The zero-order valence-corrected chi connectivity index (χ0v) is 11.1. The second-order valence-electron chi connectivity index (χ2n) is 3.58. The maximum absolute atomic E-state index is 11.4. The summed E-state index contributed by atoms with van der Waals surface area (Å²) >= 11 is 3.34. The van der Waals surface area contributed by atoms with E-state index in [4.69, 9.17) is 9.15 Å². The van der Waals surface area contributed by atoms with E-state index in [-0.39, 0.29) is 6.61 Å². The topological polar surface area (TPSA) is 39.4 Å². The third kappa shape index (κ3) is 3.89. The van der Waals surface area contributed by atoms with Crippen LogP contribution in [0.2, 0.25) is 0 Å². The summed E-state index contributed by atoms with van der Waals surface area (Å²) in [6.07, 6.45) is 4.47. The van der Waals surface area contributed by atoms with E-state index in [1.54, 1.807) is 24.5 Å². The van der Waals surface area contributed by atoms with Gasteiger partial charge in [-0.1, -0.05) is 28.1 Å². The molecule has 0 atom stereocenters. The highest BCUT2D eigenvalue weighted by molar-refractivity contribution is 9.10. The largest absolute Gasteiger partial charge is 0.465 e. The van der Waals surface area contributed by atoms with Crippen LogP contribution in [0, 0.1) is 0 Å². The van der Waals surface area contributed by atoms with Crippen molar-refractivity contribution in [3.05, 3.63) is 64.5 Å². The van der Waals surface area contributed by atoms with Gasteiger partial charge in [-0.15, -0.1) is 0 Å². The number of ether oxygens (including phenoxy) is 1. The van der Waals surface area contributed by atoms with Gasteiger partial charge in [-0.05, 0) is 35.9 Å². The van der Waals surface area contributed by atoms with Crippen LogP contribution in [-0.2, 0) is 16.1 Å². The summed E-state index contributed by atoms with van der Waals surface area (Å²) < 4.78 is 11.1. The van der Waals surface area contributed by atoms with Crippen LogP contribution in [0.25, 0.3) is 6.08 Å². The zero-order chi connectivity index (χ0) is 12.8. The lowest BCUT2D eigenvalue weighted by atomic mass is 10.2. The SMILES string of the molecule is O=C(/C=C/c1ccco1)OCc1ccc(Br)cc1. The molecule has 0 N–H and O–H groups in total. The molecule has 1 aromatic carbocycles. The standard InChI is InChI=1S/C14H11BrO3/c15-12-5-3-11(4-6-12)10-18-14(16)8-7-13-2-1-9-17-13/h1-9H,10H2/b8-7+. The van der Waals surface area contributed by atoms with Crippen LogP contribution in [0.4, 0.5) is 0 Å². The van der Waals surface area contributed by atoms with Crippen LogP contribution < -0.4 is 0 Å². The summed E-state index contributed by atoms with van der Waals surface area (Å²) in [5.41, 5.74) is 0.943. The average Bonchev–Trinajstić information content (AvgIpc) is 2.89. The molecule has 2 rings (SSSR count). The summed E-state index contributed by atoms with van der Waals surface area (Å²) in [6, 6.07) is 11.1. The first-order valence-electron chi connectivity index (χ1n) is 5.37. The van der Waals surface area contributed by atoms with Crippen molar-refractivity contribution >= 4 is 28.0 Å². The van der Waals surface area contributed by atoms with Crippen molar-refractivity contribution in [1.29, 1.82) is 0 Å². The number of carbonyl (C=O) groups is 1. The Labute approximate surface area is 113 Å². The maximum Gasteiger partial charge on any atom is 0.331 e. The number of benzene rings is 1. The number of carbonyl (C=O) groups excluding carboxylic acids is 1. The summed E-state index contributed by atoms with van der Waals surface area (Å²) in [6.45, 7) is 0.259. The van der Waals surface area contributed by atoms with Crippen LogP contribution in [-0.4, -0.2) is 5.97 Å². The van der Waals surface area contributed by atoms with Gasteiger partial charge in [-0.2, -0.15) is 0 Å². The predicted molar refractivity (Wildman–Crippen MR) is 71.7 cm³/mol. The molecule has 1 heterocycles. The monoisotopic (exact) mass is 306 g/mol. The summed E-state index contributed by atoms with van der Waals surface area (Å²) in [7, 11) is 0. The minimum atomic E-state index is -0.394. The third-order valence-electron chi connectivity index (χ3n) is 2.22. The van der Waals surface area contributed by atoms with Crippen molar-refractivity contribution in [2.75, 3.05) is 0 Å². The van der Waals surface area contributed by atoms with Crippen molar-refractivity contribution in [2.45, 2.75) is 6.61 Å². The molecule has 0 aliphatic carbocycles. The first-order valence-corrected chi connectivity index (χ1v) is 6.16. The lowest BCUT2D eigenvalue weighted by molar-refractivity contribution is -0.138. The first kappa shape index (κ1) is 12.6. The molecule has 92 valence electrons. The lowest BCUT2D eigenvalue weighted by Crippen LogP contribution is -2.00. The fourth-order valence-electron chi connectivity index (χ4n) is 1.32. The Kier molecular flexibility index (Phi) is 4.36. The van der Waals surface area contributed by atoms with E-state index in [0.717, 1.165) is 10.0 Å². The molecule has 3 nitrogen and oxygen atoms in total. The van der Waals surface area contributed by atoms with Crippen molar-refractivity contribution < 1.29 is 13.9 Å². The highest BCUT2D eigenvalue weighted by Gasteiger charge is 1.99. The Balaban J connectivity index is 1.83. The Hall–Kier alpha value is -1.81. The highest BCUT2D eigenvalue weighted by Crippen LogP contribution is 2.11. The highest BCUT2D eigenvalue weighted by atomic mass is 79.9. The third-order valence-corrected chi connectivity index (χ3v) is 2.75. The lowest BCUT2D eigenvalue weighted by Gasteiger charge is -2.01. The van der Waals surface area contributed by atoms with E-state index in [1.807, 2.05) is 24.3 Å². The average molecular weight is 307 g/mol. The molecule has 0 aliphatic rings. The maximum atomic E-state index is 11.4. The minimum absolute atomic E-state index is 0.259. The van der Waals surface area contributed by atoms with Gasteiger partial charge in [0.05, 0.1) is 6.26 Å². The number of furan rings is 1. The van der Waals surface area contributed by atoms with Gasteiger partial charge in [0.15, 0.2) is 0 Å². The van der Waals surface area contributed by atoms with E-state index in [1.165, 1.54) is 6.08 Å². The van der Waals surface area contributed by atoms with Crippen molar-refractivity contribution in [3.8, 4) is 0 Å². The molecular formula is C14H11BrO3. The van der Waals surface area contributed by atoms with Crippen molar-refractivity contribution in [1.82, 2.24) is 0 Å². The molecule has 4 heteroatoms. The number of halogens is 1. The Morgan fingerprint density at radius 3 is 2.72 bits per heavy atom. The molecule has 1 aromatic heterocycles. The van der Waals surface area contributed by atoms with Crippen LogP contribution in [0.3, 0.4) is 0 Å². The van der Waals surface area contributed by atoms with Gasteiger partial charge in [0.1, 0.15) is 12.4 Å². The van der Waals surface area contributed by atoms with E-state index in [9.17, 15) is 4.79 Å². The molecule has 0 unspecified atom stereocenters. The Morgan fingerprint density at radius 1 is 1.28 bits per heavy atom. The van der Waals surface area contributed by atoms with E-state index >= 15 is 0 Å². The summed E-state index contributed by atoms with van der Waals surface area (Å²) in [5.74, 6) is 0.227. The zero-order valence-electron chi connectivity index (χ0n) is 9.51. The molecule has 0 spiro atoms. The molecule has 0 saturated carbocycles. The van der Waals surface area contributed by atoms with E-state index in [2.05, 4.69) is 15.9 Å². The number of esters is 1. The van der Waals surface area contributed by atoms with Gasteiger partial charge in [0, 0.05) is 10.5 Å². The van der Waals surface area contributed by atoms with Gasteiger partial charge in [-0.3, -0.25) is 0 Å². The smallest absolute Gasteiger partial charge is 0.331 e. The van der Waals surface area contributed by atoms with Gasteiger partial charge >= 0.3 is 5.97 Å². The van der Waals surface area contributed by atoms with Crippen LogP contribution in [0.5, 0.6) is 0 Å². The molecule has 2 aromatic rings. The summed E-state index contributed by atoms with van der Waals surface area (Å²) in [4.78, 5) is 11.4. The first-order chi connectivity index (χ1) is 8.74. The van der Waals surface area contributed by atoms with Crippen molar-refractivity contribution in [2.24, 2.45) is 0 Å².